The van der Waals surface area contributed by atoms with Crippen LogP contribution in [-0.4, -0.2) is 6.54 Å². The van der Waals surface area contributed by atoms with Gasteiger partial charge in [-0.1, -0.05) is 26.7 Å². The molecule has 0 aromatic carbocycles. The van der Waals surface area contributed by atoms with E-state index in [1.807, 2.05) is 11.3 Å². The van der Waals surface area contributed by atoms with Crippen molar-refractivity contribution in [3.05, 3.63) is 20.3 Å². The molecule has 0 aliphatic heterocycles. The standard InChI is InChI=1S/C14H22BrNS/c1-4-16-12(14(3)7-5-6-8-14)11-9-10(2)13(15)17-11/h9,12,16H,4-8H2,1-3H3. The van der Waals surface area contributed by atoms with E-state index >= 15 is 0 Å². The number of thiophene rings is 1. The second-order valence-electron chi connectivity index (χ2n) is 5.46. The van der Waals surface area contributed by atoms with Crippen LogP contribution in [0.3, 0.4) is 0 Å². The predicted molar refractivity (Wildman–Crippen MR) is 79.7 cm³/mol. The lowest BCUT2D eigenvalue weighted by Gasteiger charge is -2.34. The van der Waals surface area contributed by atoms with Crippen molar-refractivity contribution in [1.82, 2.24) is 5.32 Å². The molecule has 1 unspecified atom stereocenters. The van der Waals surface area contributed by atoms with Crippen molar-refractivity contribution in [2.24, 2.45) is 5.41 Å². The summed E-state index contributed by atoms with van der Waals surface area (Å²) in [5.41, 5.74) is 1.82. The summed E-state index contributed by atoms with van der Waals surface area (Å²) >= 11 is 5.55. The third kappa shape index (κ3) is 2.77. The van der Waals surface area contributed by atoms with Crippen molar-refractivity contribution < 1.29 is 0 Å². The van der Waals surface area contributed by atoms with E-state index in [4.69, 9.17) is 0 Å². The quantitative estimate of drug-likeness (QED) is 0.819. The summed E-state index contributed by atoms with van der Waals surface area (Å²) in [5.74, 6) is 0. The summed E-state index contributed by atoms with van der Waals surface area (Å²) < 4.78 is 1.29. The van der Waals surface area contributed by atoms with Gasteiger partial charge < -0.3 is 5.32 Å². The Kier molecular flexibility index (Phi) is 4.32. The highest BCUT2D eigenvalue weighted by Crippen LogP contribution is 2.49. The second-order valence-corrected chi connectivity index (χ2v) is 7.86. The highest BCUT2D eigenvalue weighted by Gasteiger charge is 2.38. The molecule has 2 rings (SSSR count). The van der Waals surface area contributed by atoms with Crippen LogP contribution in [0.15, 0.2) is 9.85 Å². The molecular formula is C14H22BrNS. The molecule has 1 aliphatic rings. The van der Waals surface area contributed by atoms with E-state index in [1.165, 1.54) is 39.9 Å². The molecular weight excluding hydrogens is 294 g/mol. The third-order valence-corrected chi connectivity index (χ3v) is 6.21. The van der Waals surface area contributed by atoms with Crippen LogP contribution in [0.5, 0.6) is 0 Å². The highest BCUT2D eigenvalue weighted by molar-refractivity contribution is 9.11. The zero-order valence-corrected chi connectivity index (χ0v) is 13.4. The van der Waals surface area contributed by atoms with Gasteiger partial charge in [0.05, 0.1) is 3.79 Å². The summed E-state index contributed by atoms with van der Waals surface area (Å²) in [6, 6.07) is 2.89. The van der Waals surface area contributed by atoms with Gasteiger partial charge in [0.15, 0.2) is 0 Å². The third-order valence-electron chi connectivity index (χ3n) is 4.01. The minimum Gasteiger partial charge on any atom is -0.309 e. The number of halogens is 1. The maximum Gasteiger partial charge on any atom is 0.0731 e. The van der Waals surface area contributed by atoms with E-state index in [-0.39, 0.29) is 0 Å². The van der Waals surface area contributed by atoms with Crippen molar-refractivity contribution >= 4 is 27.3 Å². The Hall–Kier alpha value is 0.140. The molecule has 1 atom stereocenters. The van der Waals surface area contributed by atoms with Gasteiger partial charge >= 0.3 is 0 Å². The minimum absolute atomic E-state index is 0.451. The fraction of sp³-hybridized carbons (Fsp3) is 0.714. The first-order valence-electron chi connectivity index (χ1n) is 6.56. The van der Waals surface area contributed by atoms with Gasteiger partial charge in [0, 0.05) is 10.9 Å². The molecule has 1 fully saturated rings. The summed E-state index contributed by atoms with van der Waals surface area (Å²) in [7, 11) is 0. The molecule has 1 aromatic heterocycles. The van der Waals surface area contributed by atoms with E-state index in [2.05, 4.69) is 48.1 Å². The SMILES string of the molecule is CCNC(c1cc(C)c(Br)s1)C1(C)CCCC1. The monoisotopic (exact) mass is 315 g/mol. The van der Waals surface area contributed by atoms with Crippen LogP contribution >= 0.6 is 27.3 Å². The zero-order valence-electron chi connectivity index (χ0n) is 11.0. The van der Waals surface area contributed by atoms with E-state index in [0.717, 1.165) is 6.54 Å². The number of aryl methyl sites for hydroxylation is 1. The van der Waals surface area contributed by atoms with Gasteiger partial charge in [0.1, 0.15) is 0 Å². The molecule has 1 heterocycles. The Bertz CT molecular complexity index is 360. The number of hydrogen-bond acceptors (Lipinski definition) is 2. The normalized spacial score (nSPS) is 20.7. The van der Waals surface area contributed by atoms with Crippen LogP contribution in [0, 0.1) is 12.3 Å². The van der Waals surface area contributed by atoms with Gasteiger partial charge in [0.25, 0.3) is 0 Å². The van der Waals surface area contributed by atoms with E-state index in [0.29, 0.717) is 11.5 Å². The topological polar surface area (TPSA) is 12.0 Å². The number of nitrogens with one attached hydrogen (secondary N) is 1. The van der Waals surface area contributed by atoms with E-state index < -0.39 is 0 Å². The van der Waals surface area contributed by atoms with Crippen LogP contribution in [0.2, 0.25) is 0 Å². The lowest BCUT2D eigenvalue weighted by atomic mass is 9.79. The second kappa shape index (κ2) is 5.41. The number of rotatable bonds is 4. The Morgan fingerprint density at radius 3 is 2.59 bits per heavy atom. The lowest BCUT2D eigenvalue weighted by molar-refractivity contribution is 0.229. The number of hydrogen-bond donors (Lipinski definition) is 1. The molecule has 96 valence electrons. The van der Waals surface area contributed by atoms with Gasteiger partial charge in [-0.3, -0.25) is 0 Å². The Labute approximate surface area is 117 Å². The molecule has 0 radical (unpaired) electrons. The molecule has 1 aliphatic carbocycles. The molecule has 1 nitrogen and oxygen atoms in total. The molecule has 1 saturated carbocycles. The minimum atomic E-state index is 0.451. The van der Waals surface area contributed by atoms with E-state index in [1.54, 1.807) is 0 Å². The summed E-state index contributed by atoms with van der Waals surface area (Å²) in [5, 5.41) is 3.71. The van der Waals surface area contributed by atoms with Crippen LogP contribution in [0.4, 0.5) is 0 Å². The molecule has 0 spiro atoms. The lowest BCUT2D eigenvalue weighted by Crippen LogP contribution is -2.33. The molecule has 1 N–H and O–H groups in total. The average molecular weight is 316 g/mol. The maximum atomic E-state index is 3.71. The first kappa shape index (κ1) is 13.6. The van der Waals surface area contributed by atoms with Crippen molar-refractivity contribution in [1.29, 1.82) is 0 Å². The van der Waals surface area contributed by atoms with Crippen LogP contribution in [-0.2, 0) is 0 Å². The van der Waals surface area contributed by atoms with Crippen LogP contribution in [0.25, 0.3) is 0 Å². The summed E-state index contributed by atoms with van der Waals surface area (Å²) in [4.78, 5) is 1.50. The first-order chi connectivity index (χ1) is 8.07. The average Bonchev–Trinajstić information content (AvgIpc) is 2.84. The molecule has 17 heavy (non-hydrogen) atoms. The van der Waals surface area contributed by atoms with Crippen LogP contribution in [0.1, 0.15) is 56.0 Å². The largest absolute Gasteiger partial charge is 0.309 e. The van der Waals surface area contributed by atoms with E-state index in [9.17, 15) is 0 Å². The van der Waals surface area contributed by atoms with Crippen LogP contribution < -0.4 is 5.32 Å². The Morgan fingerprint density at radius 2 is 2.12 bits per heavy atom. The molecule has 0 bridgehead atoms. The van der Waals surface area contributed by atoms with Crippen molar-refractivity contribution in [2.75, 3.05) is 6.54 Å². The summed E-state index contributed by atoms with van der Waals surface area (Å²) in [6.07, 6.45) is 5.51. The van der Waals surface area contributed by atoms with Gasteiger partial charge in [-0.15, -0.1) is 11.3 Å². The van der Waals surface area contributed by atoms with Gasteiger partial charge in [-0.05, 0) is 59.3 Å². The summed E-state index contributed by atoms with van der Waals surface area (Å²) in [6.45, 7) is 7.90. The van der Waals surface area contributed by atoms with Crippen molar-refractivity contribution in [3.8, 4) is 0 Å². The maximum absolute atomic E-state index is 3.71. The van der Waals surface area contributed by atoms with Crippen molar-refractivity contribution in [2.45, 2.75) is 52.5 Å². The molecule has 0 saturated heterocycles. The molecule has 3 heteroatoms. The fourth-order valence-electron chi connectivity index (χ4n) is 2.99. The zero-order chi connectivity index (χ0) is 12.5. The first-order valence-corrected chi connectivity index (χ1v) is 8.17. The van der Waals surface area contributed by atoms with Gasteiger partial charge in [-0.25, -0.2) is 0 Å². The smallest absolute Gasteiger partial charge is 0.0731 e. The highest BCUT2D eigenvalue weighted by atomic mass is 79.9. The van der Waals surface area contributed by atoms with Gasteiger partial charge in [0.2, 0.25) is 0 Å². The molecule has 1 aromatic rings. The fourth-order valence-corrected chi connectivity index (χ4v) is 4.82. The van der Waals surface area contributed by atoms with Gasteiger partial charge in [-0.2, -0.15) is 0 Å². The Balaban J connectivity index is 2.28. The van der Waals surface area contributed by atoms with Crippen molar-refractivity contribution in [3.63, 3.8) is 0 Å². The Morgan fingerprint density at radius 1 is 1.47 bits per heavy atom. The molecule has 0 amide bonds. The predicted octanol–water partition coefficient (Wildman–Crippen LogP) is 5.05.